The smallest absolute Gasteiger partial charge is 0.261 e. The molecule has 0 unspecified atom stereocenters. The Morgan fingerprint density at radius 2 is 1.78 bits per heavy atom. The van der Waals surface area contributed by atoms with Crippen molar-refractivity contribution < 1.29 is 14.3 Å². The number of amides is 2. The van der Waals surface area contributed by atoms with Gasteiger partial charge in [-0.05, 0) is 65.8 Å². The Kier molecular flexibility index (Phi) is 8.57. The number of rotatable bonds is 9. The SMILES string of the molecule is CCCNC(=O)[C@@H](C)N(Cc1ccccc1)C(=O)COc1ccc(I)cc1. The van der Waals surface area contributed by atoms with E-state index in [1.165, 1.54) is 0 Å². The molecule has 5 nitrogen and oxygen atoms in total. The number of nitrogens with one attached hydrogen (secondary N) is 1. The molecule has 2 aromatic carbocycles. The van der Waals surface area contributed by atoms with Gasteiger partial charge in [0.15, 0.2) is 6.61 Å². The molecule has 0 aliphatic rings. The number of carbonyl (C=O) groups is 2. The van der Waals surface area contributed by atoms with E-state index in [2.05, 4.69) is 27.9 Å². The minimum absolute atomic E-state index is 0.112. The highest BCUT2D eigenvalue weighted by Crippen LogP contribution is 2.15. The monoisotopic (exact) mass is 480 g/mol. The lowest BCUT2D eigenvalue weighted by Crippen LogP contribution is -2.49. The van der Waals surface area contributed by atoms with Gasteiger partial charge in [-0.3, -0.25) is 9.59 Å². The molecule has 0 saturated heterocycles. The second-order valence-corrected chi connectivity index (χ2v) is 7.46. The van der Waals surface area contributed by atoms with Gasteiger partial charge in [-0.15, -0.1) is 0 Å². The highest BCUT2D eigenvalue weighted by molar-refractivity contribution is 14.1. The Hall–Kier alpha value is -2.09. The first-order valence-electron chi connectivity index (χ1n) is 9.00. The number of nitrogens with zero attached hydrogens (tertiary/aromatic N) is 1. The Labute approximate surface area is 174 Å². The molecule has 6 heteroatoms. The normalized spacial score (nSPS) is 11.5. The molecule has 0 aliphatic carbocycles. The average Bonchev–Trinajstić information content (AvgIpc) is 2.69. The molecule has 2 aromatic rings. The van der Waals surface area contributed by atoms with Crippen LogP contribution in [0.1, 0.15) is 25.8 Å². The Balaban J connectivity index is 2.08. The molecule has 0 bridgehead atoms. The zero-order valence-electron chi connectivity index (χ0n) is 15.7. The van der Waals surface area contributed by atoms with Crippen molar-refractivity contribution in [1.29, 1.82) is 0 Å². The summed E-state index contributed by atoms with van der Waals surface area (Å²) in [4.78, 5) is 26.8. The molecular formula is C21H25IN2O3. The maximum atomic E-state index is 12.8. The van der Waals surface area contributed by atoms with Gasteiger partial charge in [0.1, 0.15) is 11.8 Å². The molecule has 0 aliphatic heterocycles. The van der Waals surface area contributed by atoms with Crippen LogP contribution in [0, 0.1) is 3.57 Å². The molecule has 1 N–H and O–H groups in total. The molecule has 144 valence electrons. The number of carbonyl (C=O) groups excluding carboxylic acids is 2. The van der Waals surface area contributed by atoms with Crippen LogP contribution in [0.15, 0.2) is 54.6 Å². The van der Waals surface area contributed by atoms with Gasteiger partial charge in [0, 0.05) is 16.7 Å². The van der Waals surface area contributed by atoms with Gasteiger partial charge in [0.05, 0.1) is 0 Å². The fourth-order valence-corrected chi connectivity index (χ4v) is 2.88. The van der Waals surface area contributed by atoms with Crippen LogP contribution in [-0.4, -0.2) is 35.9 Å². The zero-order valence-corrected chi connectivity index (χ0v) is 17.8. The molecule has 0 aromatic heterocycles. The van der Waals surface area contributed by atoms with Gasteiger partial charge in [0.25, 0.3) is 5.91 Å². The first kappa shape index (κ1) is 21.2. The Bertz CT molecular complexity index is 735. The topological polar surface area (TPSA) is 58.6 Å². The zero-order chi connectivity index (χ0) is 19.6. The fourth-order valence-electron chi connectivity index (χ4n) is 2.52. The second-order valence-electron chi connectivity index (χ2n) is 6.22. The van der Waals surface area contributed by atoms with Gasteiger partial charge >= 0.3 is 0 Å². The van der Waals surface area contributed by atoms with E-state index in [1.807, 2.05) is 61.5 Å². The molecule has 1 atom stereocenters. The van der Waals surface area contributed by atoms with E-state index in [-0.39, 0.29) is 18.4 Å². The van der Waals surface area contributed by atoms with E-state index in [1.54, 1.807) is 11.8 Å². The Morgan fingerprint density at radius 1 is 1.11 bits per heavy atom. The van der Waals surface area contributed by atoms with Crippen LogP contribution < -0.4 is 10.1 Å². The number of halogens is 1. The molecule has 0 fully saturated rings. The van der Waals surface area contributed by atoms with Crippen molar-refractivity contribution in [2.24, 2.45) is 0 Å². The summed E-state index contributed by atoms with van der Waals surface area (Å²) in [6.07, 6.45) is 0.848. The second kappa shape index (κ2) is 10.9. The van der Waals surface area contributed by atoms with E-state index in [9.17, 15) is 9.59 Å². The van der Waals surface area contributed by atoms with Crippen molar-refractivity contribution in [2.75, 3.05) is 13.2 Å². The summed E-state index contributed by atoms with van der Waals surface area (Å²) >= 11 is 2.21. The van der Waals surface area contributed by atoms with Crippen molar-refractivity contribution in [3.8, 4) is 5.75 Å². The molecule has 2 rings (SSSR count). The third-order valence-electron chi connectivity index (χ3n) is 4.09. The van der Waals surface area contributed by atoms with Crippen molar-refractivity contribution in [3.63, 3.8) is 0 Å². The quantitative estimate of drug-likeness (QED) is 0.558. The molecule has 0 radical (unpaired) electrons. The maximum absolute atomic E-state index is 12.8. The molecule has 0 spiro atoms. The minimum Gasteiger partial charge on any atom is -0.484 e. The van der Waals surface area contributed by atoms with E-state index in [0.717, 1.165) is 15.6 Å². The summed E-state index contributed by atoms with van der Waals surface area (Å²) in [5.41, 5.74) is 0.968. The summed E-state index contributed by atoms with van der Waals surface area (Å²) in [5, 5.41) is 2.86. The van der Waals surface area contributed by atoms with E-state index < -0.39 is 6.04 Å². The third kappa shape index (κ3) is 6.86. The summed E-state index contributed by atoms with van der Waals surface area (Å²) in [7, 11) is 0. The van der Waals surface area contributed by atoms with Crippen molar-refractivity contribution in [1.82, 2.24) is 10.2 Å². The van der Waals surface area contributed by atoms with Crippen LogP contribution in [0.3, 0.4) is 0 Å². The fraction of sp³-hybridized carbons (Fsp3) is 0.333. The van der Waals surface area contributed by atoms with Gasteiger partial charge in [-0.25, -0.2) is 0 Å². The van der Waals surface area contributed by atoms with E-state index in [0.29, 0.717) is 18.8 Å². The first-order valence-corrected chi connectivity index (χ1v) is 10.1. The number of hydrogen-bond donors (Lipinski definition) is 1. The standard InChI is InChI=1S/C21H25IN2O3/c1-3-13-23-21(26)16(2)24(14-17-7-5-4-6-8-17)20(25)15-27-19-11-9-18(22)10-12-19/h4-12,16H,3,13-15H2,1-2H3,(H,23,26)/t16-/m1/s1. The predicted octanol–water partition coefficient (Wildman–Crippen LogP) is 3.61. The van der Waals surface area contributed by atoms with Crippen LogP contribution >= 0.6 is 22.6 Å². The lowest BCUT2D eigenvalue weighted by molar-refractivity contribution is -0.142. The first-order chi connectivity index (χ1) is 13.0. The molecule has 2 amide bonds. The lowest BCUT2D eigenvalue weighted by atomic mass is 10.1. The molecular weight excluding hydrogens is 455 g/mol. The van der Waals surface area contributed by atoms with Crippen LogP contribution in [-0.2, 0) is 16.1 Å². The van der Waals surface area contributed by atoms with Crippen LogP contribution in [0.25, 0.3) is 0 Å². The predicted molar refractivity (Wildman–Crippen MR) is 114 cm³/mol. The van der Waals surface area contributed by atoms with Gasteiger partial charge in [-0.1, -0.05) is 37.3 Å². The molecule has 0 saturated carbocycles. The third-order valence-corrected chi connectivity index (χ3v) is 4.81. The minimum atomic E-state index is -0.579. The van der Waals surface area contributed by atoms with Crippen LogP contribution in [0.2, 0.25) is 0 Å². The lowest BCUT2D eigenvalue weighted by Gasteiger charge is -2.28. The largest absolute Gasteiger partial charge is 0.484 e. The highest BCUT2D eigenvalue weighted by atomic mass is 127. The number of ether oxygens (including phenoxy) is 1. The van der Waals surface area contributed by atoms with Crippen LogP contribution in [0.4, 0.5) is 0 Å². The van der Waals surface area contributed by atoms with Gasteiger partial charge in [-0.2, -0.15) is 0 Å². The Morgan fingerprint density at radius 3 is 2.41 bits per heavy atom. The van der Waals surface area contributed by atoms with Crippen molar-refractivity contribution >= 4 is 34.4 Å². The number of benzene rings is 2. The summed E-state index contributed by atoms with van der Waals surface area (Å²) in [5.74, 6) is 0.249. The molecule has 27 heavy (non-hydrogen) atoms. The van der Waals surface area contributed by atoms with E-state index >= 15 is 0 Å². The van der Waals surface area contributed by atoms with Gasteiger partial charge in [0.2, 0.25) is 5.91 Å². The van der Waals surface area contributed by atoms with Crippen molar-refractivity contribution in [3.05, 3.63) is 63.7 Å². The highest BCUT2D eigenvalue weighted by Gasteiger charge is 2.26. The summed E-state index contributed by atoms with van der Waals surface area (Å²) in [6, 6.07) is 16.6. The number of hydrogen-bond acceptors (Lipinski definition) is 3. The van der Waals surface area contributed by atoms with Gasteiger partial charge < -0.3 is 15.0 Å². The maximum Gasteiger partial charge on any atom is 0.261 e. The van der Waals surface area contributed by atoms with Crippen LogP contribution in [0.5, 0.6) is 5.75 Å². The molecule has 0 heterocycles. The van der Waals surface area contributed by atoms with Crippen molar-refractivity contribution in [2.45, 2.75) is 32.9 Å². The summed E-state index contributed by atoms with van der Waals surface area (Å²) in [6.45, 7) is 4.58. The summed E-state index contributed by atoms with van der Waals surface area (Å²) < 4.78 is 6.72. The van der Waals surface area contributed by atoms with E-state index in [4.69, 9.17) is 4.74 Å². The average molecular weight is 480 g/mol.